The summed E-state index contributed by atoms with van der Waals surface area (Å²) in [6.45, 7) is 3.50. The number of thioether (sulfide) groups is 1. The topological polar surface area (TPSA) is 75.7 Å². The summed E-state index contributed by atoms with van der Waals surface area (Å²) in [5.74, 6) is -0.322. The van der Waals surface area contributed by atoms with Crippen LogP contribution in [0.5, 0.6) is 5.75 Å². The van der Waals surface area contributed by atoms with Crippen molar-refractivity contribution >= 4 is 67.3 Å². The van der Waals surface area contributed by atoms with Gasteiger partial charge in [-0.3, -0.25) is 19.3 Å². The Morgan fingerprint density at radius 2 is 1.82 bits per heavy atom. The van der Waals surface area contributed by atoms with Gasteiger partial charge in [-0.15, -0.1) is 0 Å². The molecule has 33 heavy (non-hydrogen) atoms. The van der Waals surface area contributed by atoms with E-state index in [2.05, 4.69) is 21.2 Å². The molecule has 0 atom stereocenters. The lowest BCUT2D eigenvalue weighted by atomic mass is 10.0. The molecule has 0 aliphatic carbocycles. The molecule has 168 valence electrons. The maximum Gasteiger partial charge on any atom is 0.294 e. The number of halogens is 1. The molecule has 1 aliphatic heterocycles. The molecular weight excluding hydrogens is 504 g/mol. The van der Waals surface area contributed by atoms with Crippen molar-refractivity contribution < 1.29 is 19.1 Å². The lowest BCUT2D eigenvalue weighted by molar-refractivity contribution is -0.127. The SMILES string of the molecule is CC(C)Oc1ccc2ccccc2c1/C=C1\SC(=O)N(CC(=O)Nc2ccc(Br)cc2)C1=O. The van der Waals surface area contributed by atoms with Gasteiger partial charge in [0.25, 0.3) is 11.1 Å². The average Bonchev–Trinajstić information content (AvgIpc) is 3.04. The van der Waals surface area contributed by atoms with Gasteiger partial charge in [-0.25, -0.2) is 0 Å². The molecule has 0 saturated carbocycles. The fourth-order valence-electron chi connectivity index (χ4n) is 3.43. The van der Waals surface area contributed by atoms with E-state index in [9.17, 15) is 14.4 Å². The van der Waals surface area contributed by atoms with Crippen molar-refractivity contribution in [3.8, 4) is 5.75 Å². The number of nitrogens with one attached hydrogen (secondary N) is 1. The summed E-state index contributed by atoms with van der Waals surface area (Å²) in [4.78, 5) is 39.2. The summed E-state index contributed by atoms with van der Waals surface area (Å²) < 4.78 is 6.84. The maximum absolute atomic E-state index is 13.0. The smallest absolute Gasteiger partial charge is 0.294 e. The van der Waals surface area contributed by atoms with Crippen molar-refractivity contribution in [2.24, 2.45) is 0 Å². The van der Waals surface area contributed by atoms with Gasteiger partial charge in [0.1, 0.15) is 12.3 Å². The fraction of sp³-hybridized carbons (Fsp3) is 0.160. The van der Waals surface area contributed by atoms with Crippen LogP contribution in [0.2, 0.25) is 0 Å². The second kappa shape index (κ2) is 9.80. The van der Waals surface area contributed by atoms with E-state index < -0.39 is 17.1 Å². The summed E-state index contributed by atoms with van der Waals surface area (Å²) in [7, 11) is 0. The Balaban J connectivity index is 1.59. The molecule has 4 rings (SSSR count). The number of ether oxygens (including phenoxy) is 1. The molecule has 6 nitrogen and oxygen atoms in total. The van der Waals surface area contributed by atoms with Crippen molar-refractivity contribution in [1.29, 1.82) is 0 Å². The number of carbonyl (C=O) groups is 3. The maximum atomic E-state index is 13.0. The van der Waals surface area contributed by atoms with Crippen LogP contribution in [0.3, 0.4) is 0 Å². The standard InChI is InChI=1S/C25H21BrN2O4S/c1-15(2)32-21-12-7-16-5-3-4-6-19(16)20(21)13-22-24(30)28(25(31)33-22)14-23(29)27-18-10-8-17(26)9-11-18/h3-13,15H,14H2,1-2H3,(H,27,29)/b22-13-. The van der Waals surface area contributed by atoms with Crippen LogP contribution >= 0.6 is 27.7 Å². The molecular formula is C25H21BrN2O4S. The molecule has 0 aromatic heterocycles. The Labute approximate surface area is 204 Å². The van der Waals surface area contributed by atoms with E-state index >= 15 is 0 Å². The highest BCUT2D eigenvalue weighted by molar-refractivity contribution is 9.10. The first-order valence-corrected chi connectivity index (χ1v) is 11.9. The summed E-state index contributed by atoms with van der Waals surface area (Å²) in [6.07, 6.45) is 1.62. The second-order valence-corrected chi connectivity index (χ2v) is 9.60. The van der Waals surface area contributed by atoms with Gasteiger partial charge in [-0.05, 0) is 72.8 Å². The molecule has 3 aromatic carbocycles. The zero-order valence-corrected chi connectivity index (χ0v) is 20.4. The molecule has 0 bridgehead atoms. The van der Waals surface area contributed by atoms with Crippen LogP contribution in [0.4, 0.5) is 10.5 Å². The Morgan fingerprint density at radius 1 is 1.09 bits per heavy atom. The van der Waals surface area contributed by atoms with E-state index in [-0.39, 0.29) is 17.6 Å². The van der Waals surface area contributed by atoms with Gasteiger partial charge in [0.2, 0.25) is 5.91 Å². The van der Waals surface area contributed by atoms with Gasteiger partial charge in [0.05, 0.1) is 11.0 Å². The first kappa shape index (κ1) is 23.1. The highest BCUT2D eigenvalue weighted by Gasteiger charge is 2.36. The number of hydrogen-bond donors (Lipinski definition) is 1. The van der Waals surface area contributed by atoms with Crippen LogP contribution in [-0.4, -0.2) is 34.6 Å². The molecule has 1 N–H and O–H groups in total. The molecule has 0 spiro atoms. The Bertz CT molecular complexity index is 1270. The van der Waals surface area contributed by atoms with Crippen molar-refractivity contribution in [2.75, 3.05) is 11.9 Å². The Kier molecular flexibility index (Phi) is 6.85. The first-order valence-electron chi connectivity index (χ1n) is 10.3. The summed E-state index contributed by atoms with van der Waals surface area (Å²) in [5.41, 5.74) is 1.31. The molecule has 1 aliphatic rings. The number of rotatable bonds is 6. The van der Waals surface area contributed by atoms with Crippen LogP contribution in [0.15, 0.2) is 70.0 Å². The number of fused-ring (bicyclic) bond motifs is 1. The van der Waals surface area contributed by atoms with Crippen molar-refractivity contribution in [2.45, 2.75) is 20.0 Å². The second-order valence-electron chi connectivity index (χ2n) is 7.69. The molecule has 3 aromatic rings. The molecule has 8 heteroatoms. The van der Waals surface area contributed by atoms with Crippen LogP contribution < -0.4 is 10.1 Å². The van der Waals surface area contributed by atoms with Crippen LogP contribution in [0.25, 0.3) is 16.8 Å². The van der Waals surface area contributed by atoms with E-state index in [0.717, 1.165) is 37.5 Å². The zero-order chi connectivity index (χ0) is 23.5. The molecule has 3 amide bonds. The van der Waals surface area contributed by atoms with E-state index in [1.54, 1.807) is 30.3 Å². The lowest BCUT2D eigenvalue weighted by Crippen LogP contribution is -2.36. The Morgan fingerprint density at radius 3 is 2.55 bits per heavy atom. The van der Waals surface area contributed by atoms with Gasteiger partial charge in [0.15, 0.2) is 0 Å². The minimum Gasteiger partial charge on any atom is -0.490 e. The van der Waals surface area contributed by atoms with Crippen molar-refractivity contribution in [3.63, 3.8) is 0 Å². The molecule has 1 heterocycles. The first-order chi connectivity index (χ1) is 15.8. The number of hydrogen-bond acceptors (Lipinski definition) is 5. The third-order valence-electron chi connectivity index (χ3n) is 4.87. The van der Waals surface area contributed by atoms with E-state index in [0.29, 0.717) is 11.4 Å². The minimum atomic E-state index is -0.501. The van der Waals surface area contributed by atoms with E-state index in [4.69, 9.17) is 4.74 Å². The summed E-state index contributed by atoms with van der Waals surface area (Å²) in [5, 5.41) is 4.13. The van der Waals surface area contributed by atoms with Gasteiger partial charge in [0, 0.05) is 15.7 Å². The number of amides is 3. The van der Waals surface area contributed by atoms with Gasteiger partial charge >= 0.3 is 0 Å². The molecule has 1 fully saturated rings. The lowest BCUT2D eigenvalue weighted by Gasteiger charge is -2.15. The number of benzene rings is 3. The number of carbonyl (C=O) groups excluding carboxylic acids is 3. The third-order valence-corrected chi connectivity index (χ3v) is 6.31. The third kappa shape index (κ3) is 5.29. The Hall–Kier alpha value is -3.10. The molecule has 0 unspecified atom stereocenters. The van der Waals surface area contributed by atoms with E-state index in [1.165, 1.54) is 0 Å². The zero-order valence-electron chi connectivity index (χ0n) is 18.0. The molecule has 0 radical (unpaired) electrons. The predicted molar refractivity (Wildman–Crippen MR) is 135 cm³/mol. The quantitative estimate of drug-likeness (QED) is 0.396. The van der Waals surface area contributed by atoms with Crippen LogP contribution in [0.1, 0.15) is 19.4 Å². The van der Waals surface area contributed by atoms with Crippen molar-refractivity contribution in [3.05, 3.63) is 75.6 Å². The van der Waals surface area contributed by atoms with Crippen LogP contribution in [-0.2, 0) is 9.59 Å². The highest BCUT2D eigenvalue weighted by Crippen LogP contribution is 2.37. The molecule has 1 saturated heterocycles. The van der Waals surface area contributed by atoms with Gasteiger partial charge < -0.3 is 10.1 Å². The van der Waals surface area contributed by atoms with E-state index in [1.807, 2.05) is 50.2 Å². The number of anilines is 1. The minimum absolute atomic E-state index is 0.0596. The summed E-state index contributed by atoms with van der Waals surface area (Å²) >= 11 is 4.16. The van der Waals surface area contributed by atoms with Gasteiger partial charge in [-0.2, -0.15) is 0 Å². The normalized spacial score (nSPS) is 15.0. The highest BCUT2D eigenvalue weighted by atomic mass is 79.9. The largest absolute Gasteiger partial charge is 0.490 e. The van der Waals surface area contributed by atoms with Crippen molar-refractivity contribution in [1.82, 2.24) is 4.90 Å². The average molecular weight is 525 g/mol. The van der Waals surface area contributed by atoms with Gasteiger partial charge in [-0.1, -0.05) is 46.3 Å². The van der Waals surface area contributed by atoms with Crippen LogP contribution in [0, 0.1) is 0 Å². The predicted octanol–water partition coefficient (Wildman–Crippen LogP) is 6.06. The number of imide groups is 1. The number of nitrogens with zero attached hydrogens (tertiary/aromatic N) is 1. The summed E-state index contributed by atoms with van der Waals surface area (Å²) in [6, 6.07) is 18.6. The monoisotopic (exact) mass is 524 g/mol. The fourth-order valence-corrected chi connectivity index (χ4v) is 4.51.